The maximum atomic E-state index is 12.5. The summed E-state index contributed by atoms with van der Waals surface area (Å²) in [6.07, 6.45) is 2.20. The average molecular weight is 446 g/mol. The van der Waals surface area contributed by atoms with Crippen LogP contribution in [0.15, 0.2) is 65.7 Å². The number of carbonyl (C=O) groups is 1. The Kier molecular flexibility index (Phi) is 5.90. The molecule has 30 heavy (non-hydrogen) atoms. The van der Waals surface area contributed by atoms with Gasteiger partial charge in [0.25, 0.3) is 0 Å². The number of aromatic nitrogens is 1. The average Bonchev–Trinajstić information content (AvgIpc) is 3.21. The van der Waals surface area contributed by atoms with Gasteiger partial charge in [0.1, 0.15) is 17.4 Å². The molecular weight excluding hydrogens is 426 g/mol. The number of likely N-dealkylation sites (tertiary alicyclic amines) is 1. The second-order valence-electron chi connectivity index (χ2n) is 6.98. The predicted molar refractivity (Wildman–Crippen MR) is 114 cm³/mol. The number of benzene rings is 2. The van der Waals surface area contributed by atoms with Crippen molar-refractivity contribution in [2.45, 2.75) is 17.4 Å². The third-order valence-electron chi connectivity index (χ3n) is 4.91. The van der Waals surface area contributed by atoms with E-state index in [1.165, 1.54) is 12.1 Å². The molecule has 7 nitrogen and oxygen atoms in total. The van der Waals surface area contributed by atoms with Gasteiger partial charge in [-0.3, -0.25) is 9.78 Å². The minimum atomic E-state index is -3.82. The highest BCUT2D eigenvalue weighted by molar-refractivity contribution is 7.89. The van der Waals surface area contributed by atoms with E-state index in [4.69, 9.17) is 16.3 Å². The molecule has 1 aliphatic rings. The van der Waals surface area contributed by atoms with Gasteiger partial charge in [0.2, 0.25) is 15.9 Å². The normalized spacial score (nSPS) is 16.7. The lowest BCUT2D eigenvalue weighted by Gasteiger charge is -2.18. The fourth-order valence-electron chi connectivity index (χ4n) is 3.39. The Balaban J connectivity index is 1.35. The Morgan fingerprint density at radius 1 is 1.20 bits per heavy atom. The second-order valence-corrected chi connectivity index (χ2v) is 9.18. The quantitative estimate of drug-likeness (QED) is 0.630. The zero-order valence-electron chi connectivity index (χ0n) is 16.0. The highest BCUT2D eigenvalue weighted by Gasteiger charge is 2.29. The van der Waals surface area contributed by atoms with Crippen molar-refractivity contribution in [3.8, 4) is 5.75 Å². The highest BCUT2D eigenvalue weighted by Crippen LogP contribution is 2.26. The van der Waals surface area contributed by atoms with E-state index in [1.54, 1.807) is 23.2 Å². The van der Waals surface area contributed by atoms with Gasteiger partial charge in [-0.15, -0.1) is 0 Å². The van der Waals surface area contributed by atoms with Crippen LogP contribution in [-0.4, -0.2) is 49.9 Å². The molecule has 1 aliphatic heterocycles. The Morgan fingerprint density at radius 2 is 2.00 bits per heavy atom. The molecule has 0 saturated carbocycles. The number of sulfonamides is 1. The molecule has 1 saturated heterocycles. The van der Waals surface area contributed by atoms with Gasteiger partial charge in [0.15, 0.2) is 0 Å². The van der Waals surface area contributed by atoms with Crippen LogP contribution in [0.3, 0.4) is 0 Å². The molecule has 0 aliphatic carbocycles. The molecule has 2 aromatic carbocycles. The maximum absolute atomic E-state index is 12.5. The summed E-state index contributed by atoms with van der Waals surface area (Å²) in [6.45, 7) is 0.568. The first-order chi connectivity index (χ1) is 14.4. The standard InChI is InChI=1S/C21H20ClN3O4S/c22-16-6-2-7-18(12-16)30(27,28)24-13-20(26)25-11-9-17(14-25)29-19-8-1-4-15-5-3-10-23-21(15)19/h1-8,10,12,17,24H,9,11,13-14H2. The van der Waals surface area contributed by atoms with E-state index in [2.05, 4.69) is 9.71 Å². The molecule has 3 aromatic rings. The van der Waals surface area contributed by atoms with Crippen molar-refractivity contribution in [2.24, 2.45) is 0 Å². The Bertz CT molecular complexity index is 1180. The number of amides is 1. The molecule has 9 heteroatoms. The molecule has 0 spiro atoms. The third kappa shape index (κ3) is 4.56. The lowest BCUT2D eigenvalue weighted by atomic mass is 10.2. The summed E-state index contributed by atoms with van der Waals surface area (Å²) in [5, 5.41) is 1.29. The number of carbonyl (C=O) groups excluding carboxylic acids is 1. The molecule has 1 amide bonds. The maximum Gasteiger partial charge on any atom is 0.241 e. The highest BCUT2D eigenvalue weighted by atomic mass is 35.5. The lowest BCUT2D eigenvalue weighted by molar-refractivity contribution is -0.129. The number of pyridine rings is 1. The molecule has 0 bridgehead atoms. The summed E-state index contributed by atoms with van der Waals surface area (Å²) in [5.41, 5.74) is 0.777. The molecule has 1 unspecified atom stereocenters. The van der Waals surface area contributed by atoms with Crippen LogP contribution in [0.1, 0.15) is 6.42 Å². The number of para-hydroxylation sites is 1. The smallest absolute Gasteiger partial charge is 0.241 e. The topological polar surface area (TPSA) is 88.6 Å². The zero-order valence-corrected chi connectivity index (χ0v) is 17.6. The fourth-order valence-corrected chi connectivity index (χ4v) is 4.66. The zero-order chi connectivity index (χ0) is 21.1. The van der Waals surface area contributed by atoms with Crippen molar-refractivity contribution < 1.29 is 17.9 Å². The van der Waals surface area contributed by atoms with E-state index in [9.17, 15) is 13.2 Å². The van der Waals surface area contributed by atoms with E-state index in [-0.39, 0.29) is 23.5 Å². The molecule has 156 valence electrons. The lowest BCUT2D eigenvalue weighted by Crippen LogP contribution is -2.39. The molecule has 1 fully saturated rings. The van der Waals surface area contributed by atoms with Crippen LogP contribution in [0.25, 0.3) is 10.9 Å². The summed E-state index contributed by atoms with van der Waals surface area (Å²) in [6, 6.07) is 15.5. The van der Waals surface area contributed by atoms with Gasteiger partial charge in [-0.2, -0.15) is 0 Å². The Hall–Kier alpha value is -2.68. The number of fused-ring (bicyclic) bond motifs is 1. The molecular formula is C21H20ClN3O4S. The van der Waals surface area contributed by atoms with Crippen molar-refractivity contribution in [1.82, 2.24) is 14.6 Å². The second kappa shape index (κ2) is 8.59. The van der Waals surface area contributed by atoms with Crippen molar-refractivity contribution in [3.63, 3.8) is 0 Å². The fraction of sp³-hybridized carbons (Fsp3) is 0.238. The number of nitrogens with zero attached hydrogens (tertiary/aromatic N) is 2. The minimum Gasteiger partial charge on any atom is -0.486 e. The van der Waals surface area contributed by atoms with Crippen LogP contribution >= 0.6 is 11.6 Å². The van der Waals surface area contributed by atoms with Crippen LogP contribution < -0.4 is 9.46 Å². The number of hydrogen-bond donors (Lipinski definition) is 1. The van der Waals surface area contributed by atoms with Crippen LogP contribution in [0, 0.1) is 0 Å². The molecule has 1 atom stereocenters. The monoisotopic (exact) mass is 445 g/mol. The number of halogens is 1. The van der Waals surface area contributed by atoms with Crippen molar-refractivity contribution in [3.05, 3.63) is 65.8 Å². The van der Waals surface area contributed by atoms with Gasteiger partial charge >= 0.3 is 0 Å². The SMILES string of the molecule is O=C(CNS(=O)(=O)c1cccc(Cl)c1)N1CCC(Oc2cccc3cccnc23)C1. The van der Waals surface area contributed by atoms with Gasteiger partial charge in [-0.05, 0) is 30.3 Å². The Labute approximate surface area is 179 Å². The van der Waals surface area contributed by atoms with E-state index in [0.717, 1.165) is 10.9 Å². The van der Waals surface area contributed by atoms with Crippen molar-refractivity contribution in [1.29, 1.82) is 0 Å². The van der Waals surface area contributed by atoms with Gasteiger partial charge in [0.05, 0.1) is 18.0 Å². The van der Waals surface area contributed by atoms with Gasteiger partial charge in [-0.1, -0.05) is 35.9 Å². The molecule has 1 N–H and O–H groups in total. The van der Waals surface area contributed by atoms with E-state index >= 15 is 0 Å². The van der Waals surface area contributed by atoms with Crippen LogP contribution in [-0.2, 0) is 14.8 Å². The van der Waals surface area contributed by atoms with Gasteiger partial charge in [0, 0.05) is 29.6 Å². The van der Waals surface area contributed by atoms with Crippen LogP contribution in [0.2, 0.25) is 5.02 Å². The predicted octanol–water partition coefficient (Wildman–Crippen LogP) is 2.85. The van der Waals surface area contributed by atoms with Crippen LogP contribution in [0.4, 0.5) is 0 Å². The molecule has 4 rings (SSSR count). The first-order valence-corrected chi connectivity index (χ1v) is 11.3. The number of ether oxygens (including phenoxy) is 1. The third-order valence-corrected chi connectivity index (χ3v) is 6.54. The summed E-state index contributed by atoms with van der Waals surface area (Å²) in [4.78, 5) is 18.5. The van der Waals surface area contributed by atoms with Gasteiger partial charge < -0.3 is 9.64 Å². The summed E-state index contributed by atoms with van der Waals surface area (Å²) < 4.78 is 33.1. The molecule has 1 aromatic heterocycles. The van der Waals surface area contributed by atoms with E-state index < -0.39 is 10.0 Å². The first kappa shape index (κ1) is 20.6. The molecule has 2 heterocycles. The number of nitrogens with one attached hydrogen (secondary N) is 1. The summed E-state index contributed by atoms with van der Waals surface area (Å²) >= 11 is 5.85. The first-order valence-electron chi connectivity index (χ1n) is 9.46. The minimum absolute atomic E-state index is 0.0221. The Morgan fingerprint density at radius 3 is 2.83 bits per heavy atom. The molecule has 0 radical (unpaired) electrons. The van der Waals surface area contributed by atoms with E-state index in [0.29, 0.717) is 30.3 Å². The largest absolute Gasteiger partial charge is 0.486 e. The number of rotatable bonds is 6. The van der Waals surface area contributed by atoms with Gasteiger partial charge in [-0.25, -0.2) is 13.1 Å². The summed E-state index contributed by atoms with van der Waals surface area (Å²) in [7, 11) is -3.82. The summed E-state index contributed by atoms with van der Waals surface area (Å²) in [5.74, 6) is 0.372. The van der Waals surface area contributed by atoms with E-state index in [1.807, 2.05) is 30.3 Å². The van der Waals surface area contributed by atoms with Crippen LogP contribution in [0.5, 0.6) is 5.75 Å². The van der Waals surface area contributed by atoms with Crippen molar-refractivity contribution >= 4 is 38.4 Å². The van der Waals surface area contributed by atoms with Crippen molar-refractivity contribution in [2.75, 3.05) is 19.6 Å². The number of hydrogen-bond acceptors (Lipinski definition) is 5.